The summed E-state index contributed by atoms with van der Waals surface area (Å²) in [4.78, 5) is 25.5. The summed E-state index contributed by atoms with van der Waals surface area (Å²) >= 11 is 0. The summed E-state index contributed by atoms with van der Waals surface area (Å²) in [6.45, 7) is 12.6. The molecule has 8 nitrogen and oxygen atoms in total. The molecule has 40 heavy (non-hydrogen) atoms. The normalized spacial score (nSPS) is 14.0. The highest BCUT2D eigenvalue weighted by Crippen LogP contribution is 2.32. The Morgan fingerprint density at radius 2 is 1.50 bits per heavy atom. The van der Waals surface area contributed by atoms with E-state index < -0.39 is 30.4 Å². The van der Waals surface area contributed by atoms with E-state index in [1.54, 1.807) is 0 Å². The zero-order chi connectivity index (χ0) is 29.3. The predicted molar refractivity (Wildman–Crippen MR) is 157 cm³/mol. The van der Waals surface area contributed by atoms with Gasteiger partial charge in [-0.1, -0.05) is 61.5 Å². The molecular weight excluding hydrogens is 508 g/mol. The average molecular weight is 551 g/mol. The molecule has 216 valence electrons. The van der Waals surface area contributed by atoms with E-state index >= 15 is 0 Å². The van der Waals surface area contributed by atoms with Crippen LogP contribution < -0.4 is 15.4 Å². The van der Waals surface area contributed by atoms with Crippen molar-refractivity contribution >= 4 is 22.8 Å². The van der Waals surface area contributed by atoms with Crippen LogP contribution in [-0.2, 0) is 20.7 Å². The lowest BCUT2D eigenvalue weighted by molar-refractivity contribution is -0.170. The van der Waals surface area contributed by atoms with Crippen LogP contribution in [0.25, 0.3) is 10.8 Å². The maximum absolute atomic E-state index is 13.8. The van der Waals surface area contributed by atoms with Gasteiger partial charge in [0.2, 0.25) is 5.91 Å². The van der Waals surface area contributed by atoms with Gasteiger partial charge in [-0.2, -0.15) is 0 Å². The molecule has 8 heteroatoms. The van der Waals surface area contributed by atoms with Crippen LogP contribution in [0.1, 0.15) is 58.7 Å². The monoisotopic (exact) mass is 550 g/mol. The number of benzene rings is 3. The molecule has 0 spiro atoms. The summed E-state index contributed by atoms with van der Waals surface area (Å²) in [6.07, 6.45) is -1.67. The number of hydrogen-bond acceptors (Lipinski definition) is 5. The third kappa shape index (κ3) is 8.69. The largest absolute Gasteiger partial charge is 0.488 e. The van der Waals surface area contributed by atoms with Crippen LogP contribution in [0.5, 0.6) is 5.75 Å². The second-order valence-corrected chi connectivity index (χ2v) is 10.8. The first-order valence-electron chi connectivity index (χ1n) is 13.8. The van der Waals surface area contributed by atoms with Crippen LogP contribution in [-0.4, -0.2) is 48.3 Å². The number of hydrogen-bond donors (Lipinski definition) is 3. The third-order valence-corrected chi connectivity index (χ3v) is 6.47. The molecule has 3 N–H and O–H groups in total. The first-order valence-corrected chi connectivity index (χ1v) is 13.8. The van der Waals surface area contributed by atoms with Gasteiger partial charge in [0.15, 0.2) is 6.29 Å². The number of rotatable bonds is 13. The topological polar surface area (TPSA) is 106 Å². The summed E-state index contributed by atoms with van der Waals surface area (Å²) in [5, 5.41) is 17.1. The molecular formula is C32H42N2O6. The molecule has 0 fully saturated rings. The maximum Gasteiger partial charge on any atom is 0.405 e. The fourth-order valence-electron chi connectivity index (χ4n) is 4.75. The molecule has 0 aliphatic carbocycles. The SMILES string of the molecule is CCOC(OCC)[C@@H](C)C(NC(=O)[C@H](Cc1ccc(OC(C)(C)C)cc1)NC(=O)O)c1cccc2ccccc12. The Labute approximate surface area is 237 Å². The van der Waals surface area contributed by atoms with Crippen molar-refractivity contribution < 1.29 is 28.9 Å². The Bertz CT molecular complexity index is 1240. The molecule has 0 saturated heterocycles. The lowest BCUT2D eigenvalue weighted by Crippen LogP contribution is -2.50. The molecule has 0 heterocycles. The van der Waals surface area contributed by atoms with Crippen molar-refractivity contribution in [1.82, 2.24) is 10.6 Å². The van der Waals surface area contributed by atoms with Gasteiger partial charge in [-0.05, 0) is 68.7 Å². The molecule has 0 aromatic heterocycles. The predicted octanol–water partition coefficient (Wildman–Crippen LogP) is 6.09. The van der Waals surface area contributed by atoms with E-state index in [1.807, 2.05) is 108 Å². The second kappa shape index (κ2) is 14.1. The summed E-state index contributed by atoms with van der Waals surface area (Å²) in [7, 11) is 0. The standard InChI is InChI=1S/C32H42N2O6/c1-7-38-30(39-8-2)21(3)28(26-15-11-13-23-12-9-10-14-25(23)26)34-29(35)27(33-31(36)37)20-22-16-18-24(19-17-22)40-32(4,5)6/h9-19,21,27-28,30,33H,7-8,20H2,1-6H3,(H,34,35)(H,36,37)/t21-,27-,28?/m0/s1. The van der Waals surface area contributed by atoms with E-state index in [0.29, 0.717) is 19.0 Å². The number of carbonyl (C=O) groups is 2. The number of nitrogens with one attached hydrogen (secondary N) is 2. The molecule has 3 atom stereocenters. The quantitative estimate of drug-likeness (QED) is 0.223. The maximum atomic E-state index is 13.8. The molecule has 3 aromatic carbocycles. The van der Waals surface area contributed by atoms with Crippen molar-refractivity contribution in [2.24, 2.45) is 5.92 Å². The smallest absolute Gasteiger partial charge is 0.405 e. The number of carboxylic acid groups (broad SMARTS) is 1. The zero-order valence-electron chi connectivity index (χ0n) is 24.3. The van der Waals surface area contributed by atoms with Crippen LogP contribution in [0.3, 0.4) is 0 Å². The Hall–Kier alpha value is -3.62. The zero-order valence-corrected chi connectivity index (χ0v) is 24.3. The Kier molecular flexibility index (Phi) is 10.9. The van der Waals surface area contributed by atoms with Gasteiger partial charge >= 0.3 is 6.09 Å². The van der Waals surface area contributed by atoms with Gasteiger partial charge in [0.05, 0.1) is 6.04 Å². The number of carbonyl (C=O) groups excluding carboxylic acids is 1. The van der Waals surface area contributed by atoms with E-state index in [2.05, 4.69) is 10.6 Å². The summed E-state index contributed by atoms with van der Waals surface area (Å²) < 4.78 is 17.7. The van der Waals surface area contributed by atoms with Crippen LogP contribution >= 0.6 is 0 Å². The van der Waals surface area contributed by atoms with Gasteiger partial charge in [0.25, 0.3) is 0 Å². The lowest BCUT2D eigenvalue weighted by Gasteiger charge is -2.33. The second-order valence-electron chi connectivity index (χ2n) is 10.8. The highest BCUT2D eigenvalue weighted by atomic mass is 16.7. The van der Waals surface area contributed by atoms with Gasteiger partial charge in [0.1, 0.15) is 17.4 Å². The summed E-state index contributed by atoms with van der Waals surface area (Å²) in [5.41, 5.74) is 1.36. The minimum atomic E-state index is -1.27. The van der Waals surface area contributed by atoms with Gasteiger partial charge in [-0.15, -0.1) is 0 Å². The molecule has 0 radical (unpaired) electrons. The van der Waals surface area contributed by atoms with Crippen molar-refractivity contribution in [3.05, 3.63) is 77.9 Å². The van der Waals surface area contributed by atoms with Gasteiger partial charge in [-0.3, -0.25) is 4.79 Å². The molecule has 0 saturated carbocycles. The Morgan fingerprint density at radius 3 is 2.10 bits per heavy atom. The highest BCUT2D eigenvalue weighted by Gasteiger charge is 2.33. The van der Waals surface area contributed by atoms with Crippen molar-refractivity contribution in [3.63, 3.8) is 0 Å². The Morgan fingerprint density at radius 1 is 0.875 bits per heavy atom. The summed E-state index contributed by atoms with van der Waals surface area (Å²) in [5.74, 6) is -0.0194. The van der Waals surface area contributed by atoms with E-state index in [4.69, 9.17) is 14.2 Å². The number of fused-ring (bicyclic) bond motifs is 1. The Balaban J connectivity index is 1.93. The van der Waals surface area contributed by atoms with E-state index in [1.165, 1.54) is 0 Å². The van der Waals surface area contributed by atoms with Crippen LogP contribution in [0.15, 0.2) is 66.7 Å². The fraction of sp³-hybridized carbons (Fsp3) is 0.438. The van der Waals surface area contributed by atoms with Crippen molar-refractivity contribution in [2.75, 3.05) is 13.2 Å². The van der Waals surface area contributed by atoms with E-state index in [0.717, 1.165) is 21.9 Å². The van der Waals surface area contributed by atoms with Gasteiger partial charge < -0.3 is 30.0 Å². The van der Waals surface area contributed by atoms with Gasteiger partial charge in [-0.25, -0.2) is 4.79 Å². The van der Waals surface area contributed by atoms with Crippen LogP contribution in [0.2, 0.25) is 0 Å². The molecule has 3 aromatic rings. The minimum Gasteiger partial charge on any atom is -0.488 e. The van der Waals surface area contributed by atoms with Crippen LogP contribution in [0, 0.1) is 5.92 Å². The van der Waals surface area contributed by atoms with Crippen molar-refractivity contribution in [3.8, 4) is 5.75 Å². The molecule has 1 unspecified atom stereocenters. The first kappa shape index (κ1) is 30.9. The van der Waals surface area contributed by atoms with Crippen molar-refractivity contribution in [1.29, 1.82) is 0 Å². The van der Waals surface area contributed by atoms with Crippen molar-refractivity contribution in [2.45, 2.75) is 71.9 Å². The molecule has 0 aliphatic rings. The highest BCUT2D eigenvalue weighted by molar-refractivity contribution is 5.89. The number of amides is 2. The van der Waals surface area contributed by atoms with Gasteiger partial charge in [0, 0.05) is 25.6 Å². The first-order chi connectivity index (χ1) is 19.0. The number of ether oxygens (including phenoxy) is 3. The molecule has 0 bridgehead atoms. The average Bonchev–Trinajstić information content (AvgIpc) is 2.90. The van der Waals surface area contributed by atoms with E-state index in [-0.39, 0.29) is 17.9 Å². The van der Waals surface area contributed by atoms with Crippen LogP contribution in [0.4, 0.5) is 4.79 Å². The lowest BCUT2D eigenvalue weighted by atomic mass is 9.89. The molecule has 3 rings (SSSR count). The fourth-order valence-corrected chi connectivity index (χ4v) is 4.75. The van der Waals surface area contributed by atoms with E-state index in [9.17, 15) is 14.7 Å². The summed E-state index contributed by atoms with van der Waals surface area (Å²) in [6, 6.07) is 19.7. The minimum absolute atomic E-state index is 0.172. The molecule has 2 amide bonds. The molecule has 0 aliphatic heterocycles. The third-order valence-electron chi connectivity index (χ3n) is 6.47.